The molecule has 180 valence electrons. The van der Waals surface area contributed by atoms with Gasteiger partial charge in [0, 0.05) is 16.3 Å². The standard InChI is InChI=1S/C23H18ClN3O5S3/c24-13-5-7-14(8-6-13)25-18(28)11-26-17-4-2-1-3-16(17)19(21(26)29)20-22(30)27(23(33)34-20)15-9-10-35(31,32)12-15/h1-8,15H,9-12H2,(H,25,28)/b20-19-. The molecule has 0 saturated carbocycles. The minimum Gasteiger partial charge on any atom is -0.325 e. The molecule has 2 saturated heterocycles. The van der Waals surface area contributed by atoms with Gasteiger partial charge in [-0.25, -0.2) is 8.42 Å². The van der Waals surface area contributed by atoms with E-state index in [0.29, 0.717) is 28.4 Å². The molecule has 12 heteroatoms. The molecule has 8 nitrogen and oxygen atoms in total. The van der Waals surface area contributed by atoms with Crippen molar-refractivity contribution in [2.45, 2.75) is 12.5 Å². The van der Waals surface area contributed by atoms with Crippen molar-refractivity contribution < 1.29 is 22.8 Å². The number of rotatable bonds is 4. The third-order valence-corrected chi connectivity index (χ3v) is 9.36. The summed E-state index contributed by atoms with van der Waals surface area (Å²) in [5, 5.41) is 3.27. The number of hydrogen-bond donors (Lipinski definition) is 1. The summed E-state index contributed by atoms with van der Waals surface area (Å²) in [4.78, 5) is 42.4. The second-order valence-electron chi connectivity index (χ2n) is 8.27. The molecular formula is C23H18ClN3O5S3. The summed E-state index contributed by atoms with van der Waals surface area (Å²) in [5.74, 6) is -1.53. The van der Waals surface area contributed by atoms with Gasteiger partial charge in [0.1, 0.15) is 10.9 Å². The lowest BCUT2D eigenvalue weighted by Gasteiger charge is -2.21. The molecule has 1 unspecified atom stereocenters. The number of sulfone groups is 1. The fourth-order valence-corrected chi connectivity index (χ4v) is 7.66. The number of nitrogens with one attached hydrogen (secondary N) is 1. The molecule has 3 heterocycles. The van der Waals surface area contributed by atoms with Crippen LogP contribution in [0.1, 0.15) is 12.0 Å². The molecule has 2 aromatic rings. The molecule has 0 spiro atoms. The minimum absolute atomic E-state index is 0.00109. The van der Waals surface area contributed by atoms with E-state index in [4.69, 9.17) is 23.8 Å². The maximum atomic E-state index is 13.5. The fourth-order valence-electron chi connectivity index (χ4n) is 4.36. The van der Waals surface area contributed by atoms with Gasteiger partial charge in [0.25, 0.3) is 11.8 Å². The highest BCUT2D eigenvalue weighted by atomic mass is 35.5. The monoisotopic (exact) mass is 547 g/mol. The first-order valence-electron chi connectivity index (χ1n) is 10.6. The van der Waals surface area contributed by atoms with Gasteiger partial charge in [0.05, 0.1) is 33.7 Å². The molecule has 35 heavy (non-hydrogen) atoms. The number of hydrogen-bond acceptors (Lipinski definition) is 7. The number of nitrogens with zero attached hydrogens (tertiary/aromatic N) is 2. The zero-order chi connectivity index (χ0) is 24.9. The van der Waals surface area contributed by atoms with Crippen LogP contribution in [-0.2, 0) is 24.2 Å². The number of carbonyl (C=O) groups is 3. The highest BCUT2D eigenvalue weighted by Gasteiger charge is 2.46. The molecule has 0 aromatic heterocycles. The molecule has 3 aliphatic heterocycles. The van der Waals surface area contributed by atoms with Crippen molar-refractivity contribution in [3.8, 4) is 0 Å². The molecule has 1 atom stereocenters. The van der Waals surface area contributed by atoms with E-state index in [-0.39, 0.29) is 32.8 Å². The Hall–Kier alpha value is -2.73. The zero-order valence-corrected chi connectivity index (χ0v) is 21.3. The van der Waals surface area contributed by atoms with Gasteiger partial charge in [-0.05, 0) is 36.8 Å². The Morgan fingerprint density at radius 3 is 2.51 bits per heavy atom. The molecule has 5 rings (SSSR count). The minimum atomic E-state index is -3.23. The van der Waals surface area contributed by atoms with Gasteiger partial charge in [-0.1, -0.05) is 53.8 Å². The number of para-hydroxylation sites is 1. The topological polar surface area (TPSA) is 104 Å². The second kappa shape index (κ2) is 9.05. The van der Waals surface area contributed by atoms with Crippen LogP contribution in [0.4, 0.5) is 11.4 Å². The van der Waals surface area contributed by atoms with E-state index in [0.717, 1.165) is 11.8 Å². The highest BCUT2D eigenvalue weighted by Crippen LogP contribution is 2.45. The lowest BCUT2D eigenvalue weighted by atomic mass is 10.1. The van der Waals surface area contributed by atoms with E-state index in [2.05, 4.69) is 5.32 Å². The van der Waals surface area contributed by atoms with Gasteiger partial charge in [0.15, 0.2) is 9.84 Å². The van der Waals surface area contributed by atoms with Crippen molar-refractivity contribution in [3.05, 3.63) is 64.0 Å². The average Bonchev–Trinajstić information content (AvgIpc) is 3.40. The van der Waals surface area contributed by atoms with Crippen LogP contribution < -0.4 is 10.2 Å². The maximum absolute atomic E-state index is 13.5. The van der Waals surface area contributed by atoms with Crippen LogP contribution in [0.3, 0.4) is 0 Å². The third kappa shape index (κ3) is 4.49. The second-order valence-corrected chi connectivity index (χ2v) is 12.6. The van der Waals surface area contributed by atoms with Crippen molar-refractivity contribution in [2.75, 3.05) is 28.3 Å². The van der Waals surface area contributed by atoms with Gasteiger partial charge in [-0.3, -0.25) is 24.2 Å². The van der Waals surface area contributed by atoms with Crippen molar-refractivity contribution in [2.24, 2.45) is 0 Å². The zero-order valence-electron chi connectivity index (χ0n) is 18.1. The lowest BCUT2D eigenvalue weighted by Crippen LogP contribution is -2.39. The number of benzene rings is 2. The molecule has 2 fully saturated rings. The van der Waals surface area contributed by atoms with Crippen LogP contribution in [-0.4, -0.2) is 59.5 Å². The molecule has 0 bridgehead atoms. The summed E-state index contributed by atoms with van der Waals surface area (Å²) in [7, 11) is -3.23. The van der Waals surface area contributed by atoms with E-state index in [9.17, 15) is 22.8 Å². The van der Waals surface area contributed by atoms with E-state index < -0.39 is 33.6 Å². The normalized spacial score (nSPS) is 23.2. The summed E-state index contributed by atoms with van der Waals surface area (Å²) in [5.41, 5.74) is 1.73. The quantitative estimate of drug-likeness (QED) is 0.463. The van der Waals surface area contributed by atoms with Crippen LogP contribution in [0.2, 0.25) is 5.02 Å². The average molecular weight is 548 g/mol. The van der Waals surface area contributed by atoms with Crippen molar-refractivity contribution in [1.29, 1.82) is 0 Å². The summed E-state index contributed by atoms with van der Waals surface area (Å²) in [6, 6.07) is 13.0. The Bertz CT molecular complexity index is 1420. The lowest BCUT2D eigenvalue weighted by molar-refractivity contribution is -0.123. The smallest absolute Gasteiger partial charge is 0.267 e. The van der Waals surface area contributed by atoms with E-state index in [1.165, 1.54) is 9.80 Å². The maximum Gasteiger partial charge on any atom is 0.267 e. The van der Waals surface area contributed by atoms with Gasteiger partial charge in [0.2, 0.25) is 5.91 Å². The van der Waals surface area contributed by atoms with Crippen molar-refractivity contribution >= 4 is 84.4 Å². The van der Waals surface area contributed by atoms with Gasteiger partial charge in [-0.2, -0.15) is 0 Å². The first-order chi connectivity index (χ1) is 16.6. The predicted octanol–water partition coefficient (Wildman–Crippen LogP) is 3.08. The first kappa shape index (κ1) is 24.0. The first-order valence-corrected chi connectivity index (χ1v) is 14.0. The summed E-state index contributed by atoms with van der Waals surface area (Å²) in [6.07, 6.45) is 0.304. The molecule has 3 aliphatic rings. The predicted molar refractivity (Wildman–Crippen MR) is 140 cm³/mol. The Morgan fingerprint density at radius 1 is 1.11 bits per heavy atom. The van der Waals surface area contributed by atoms with E-state index in [1.54, 1.807) is 48.5 Å². The molecule has 3 amide bonds. The van der Waals surface area contributed by atoms with Crippen LogP contribution in [0.15, 0.2) is 53.4 Å². The van der Waals surface area contributed by atoms with Gasteiger partial charge < -0.3 is 5.32 Å². The van der Waals surface area contributed by atoms with Crippen molar-refractivity contribution in [3.63, 3.8) is 0 Å². The number of thioether (sulfide) groups is 1. The van der Waals surface area contributed by atoms with Crippen LogP contribution in [0.25, 0.3) is 5.57 Å². The molecular weight excluding hydrogens is 530 g/mol. The number of thiocarbonyl (C=S) groups is 1. The summed E-state index contributed by atoms with van der Waals surface area (Å²) >= 11 is 12.3. The molecule has 1 N–H and O–H groups in total. The highest BCUT2D eigenvalue weighted by molar-refractivity contribution is 8.26. The third-order valence-electron chi connectivity index (χ3n) is 5.95. The molecule has 0 radical (unpaired) electrons. The van der Waals surface area contributed by atoms with Crippen LogP contribution in [0, 0.1) is 0 Å². The van der Waals surface area contributed by atoms with E-state index >= 15 is 0 Å². The van der Waals surface area contributed by atoms with Gasteiger partial charge in [-0.15, -0.1) is 0 Å². The van der Waals surface area contributed by atoms with Crippen LogP contribution >= 0.6 is 35.6 Å². The summed E-state index contributed by atoms with van der Waals surface area (Å²) in [6.45, 7) is -0.261. The Morgan fingerprint density at radius 2 is 1.83 bits per heavy atom. The van der Waals surface area contributed by atoms with Gasteiger partial charge >= 0.3 is 0 Å². The molecule has 0 aliphatic carbocycles. The van der Waals surface area contributed by atoms with E-state index in [1.807, 2.05) is 0 Å². The Kier molecular flexibility index (Phi) is 6.20. The fraction of sp³-hybridized carbons (Fsp3) is 0.217. The molecule has 2 aromatic carbocycles. The Balaban J connectivity index is 1.44. The SMILES string of the molecule is O=C(CN1C(=O)/C(=C2\SC(=S)N(C3CCS(=O)(=O)C3)C2=O)c2ccccc21)Nc1ccc(Cl)cc1. The number of halogens is 1. The van der Waals surface area contributed by atoms with Crippen molar-refractivity contribution in [1.82, 2.24) is 4.90 Å². The van der Waals surface area contributed by atoms with Crippen LogP contribution in [0.5, 0.6) is 0 Å². The number of amides is 3. The number of carbonyl (C=O) groups excluding carboxylic acids is 3. The largest absolute Gasteiger partial charge is 0.325 e. The summed E-state index contributed by atoms with van der Waals surface area (Å²) < 4.78 is 24.1. The Labute approximate surface area is 216 Å². The number of anilines is 2. The number of fused-ring (bicyclic) bond motifs is 1.